The maximum absolute atomic E-state index is 12.3. The van der Waals surface area contributed by atoms with E-state index in [1.165, 1.54) is 12.4 Å². The van der Waals surface area contributed by atoms with Crippen LogP contribution in [-0.2, 0) is 4.79 Å². The first kappa shape index (κ1) is 16.9. The molecule has 0 saturated heterocycles. The molecule has 122 valence electrons. The molecule has 2 rings (SSSR count). The second-order valence-electron chi connectivity index (χ2n) is 5.68. The Hall–Kier alpha value is -2.47. The van der Waals surface area contributed by atoms with E-state index in [9.17, 15) is 9.59 Å². The third-order valence-corrected chi connectivity index (χ3v) is 3.93. The van der Waals surface area contributed by atoms with Crippen molar-refractivity contribution in [3.05, 3.63) is 48.3 Å². The Morgan fingerprint density at radius 1 is 1.30 bits per heavy atom. The smallest absolute Gasteiger partial charge is 0.292 e. The maximum atomic E-state index is 12.3. The molecule has 1 heterocycles. The van der Waals surface area contributed by atoms with Crippen LogP contribution in [0.25, 0.3) is 5.69 Å². The molecular weight excluding hydrogens is 294 g/mol. The van der Waals surface area contributed by atoms with Crippen molar-refractivity contribution in [1.82, 2.24) is 15.1 Å². The molecule has 0 aliphatic rings. The maximum Gasteiger partial charge on any atom is 0.292 e. The number of ketones is 1. The van der Waals surface area contributed by atoms with E-state index >= 15 is 0 Å². The zero-order valence-corrected chi connectivity index (χ0v) is 13.3. The number of benzene rings is 1. The highest BCUT2D eigenvalue weighted by Crippen LogP contribution is 2.14. The minimum Gasteiger partial charge on any atom is -0.396 e. The Labute approximate surface area is 135 Å². The van der Waals surface area contributed by atoms with Gasteiger partial charge in [0.1, 0.15) is 0 Å². The molecule has 0 radical (unpaired) electrons. The summed E-state index contributed by atoms with van der Waals surface area (Å²) in [5.41, 5.74) is 0.441. The Kier molecular flexibility index (Phi) is 5.28. The van der Waals surface area contributed by atoms with E-state index in [-0.39, 0.29) is 12.2 Å². The van der Waals surface area contributed by atoms with E-state index in [1.807, 2.05) is 44.2 Å². The number of aromatic nitrogens is 2. The highest BCUT2D eigenvalue weighted by Gasteiger charge is 2.28. The van der Waals surface area contributed by atoms with Crippen molar-refractivity contribution >= 4 is 11.7 Å². The average molecular weight is 315 g/mol. The van der Waals surface area contributed by atoms with Gasteiger partial charge in [-0.15, -0.1) is 0 Å². The summed E-state index contributed by atoms with van der Waals surface area (Å²) in [5, 5.41) is 15.9. The lowest BCUT2D eigenvalue weighted by Gasteiger charge is -2.28. The molecule has 0 aliphatic heterocycles. The molecule has 1 atom stereocenters. The van der Waals surface area contributed by atoms with E-state index in [0.29, 0.717) is 12.8 Å². The Morgan fingerprint density at radius 2 is 2.00 bits per heavy atom. The molecular formula is C17H21N3O3. The number of carbonyl (C=O) groups is 2. The largest absolute Gasteiger partial charge is 0.396 e. The molecule has 0 spiro atoms. The van der Waals surface area contributed by atoms with Gasteiger partial charge >= 0.3 is 0 Å². The van der Waals surface area contributed by atoms with E-state index in [2.05, 4.69) is 10.4 Å². The minimum atomic E-state index is -0.685. The van der Waals surface area contributed by atoms with Crippen LogP contribution in [0.5, 0.6) is 0 Å². The quantitative estimate of drug-likeness (QED) is 0.602. The minimum absolute atomic E-state index is 0.0508. The molecule has 6 heteroatoms. The van der Waals surface area contributed by atoms with E-state index in [1.54, 1.807) is 4.68 Å². The van der Waals surface area contributed by atoms with Gasteiger partial charge in [-0.3, -0.25) is 9.59 Å². The van der Waals surface area contributed by atoms with Gasteiger partial charge in [0.2, 0.25) is 0 Å². The van der Waals surface area contributed by atoms with Gasteiger partial charge in [0.05, 0.1) is 17.4 Å². The monoisotopic (exact) mass is 315 g/mol. The summed E-state index contributed by atoms with van der Waals surface area (Å²) >= 11 is 0. The summed E-state index contributed by atoms with van der Waals surface area (Å²) in [7, 11) is 0. The zero-order chi connectivity index (χ0) is 16.9. The molecule has 1 aromatic heterocycles. The van der Waals surface area contributed by atoms with Crippen LogP contribution in [0.3, 0.4) is 0 Å². The SMILES string of the molecule is CCC(C)(CCO)NC(=O)C(=O)c1cnn(-c2ccccc2)c1. The molecule has 2 aromatic rings. The number of nitrogens with one attached hydrogen (secondary N) is 1. The second-order valence-corrected chi connectivity index (χ2v) is 5.68. The summed E-state index contributed by atoms with van der Waals surface area (Å²) < 4.78 is 1.55. The number of amides is 1. The van der Waals surface area contributed by atoms with Crippen molar-refractivity contribution in [3.63, 3.8) is 0 Å². The van der Waals surface area contributed by atoms with Crippen LogP contribution < -0.4 is 5.32 Å². The standard InChI is InChI=1S/C17H21N3O3/c1-3-17(2,9-10-21)19-16(23)15(22)13-11-18-20(12-13)14-7-5-4-6-8-14/h4-8,11-12,21H,3,9-10H2,1-2H3,(H,19,23). The Morgan fingerprint density at radius 3 is 2.61 bits per heavy atom. The fraction of sp³-hybridized carbons (Fsp3) is 0.353. The average Bonchev–Trinajstić information content (AvgIpc) is 3.05. The number of nitrogens with zero attached hydrogens (tertiary/aromatic N) is 2. The molecule has 23 heavy (non-hydrogen) atoms. The van der Waals surface area contributed by atoms with Crippen LogP contribution in [-0.4, -0.2) is 38.7 Å². The van der Waals surface area contributed by atoms with Gasteiger partial charge < -0.3 is 10.4 Å². The topological polar surface area (TPSA) is 84.2 Å². The highest BCUT2D eigenvalue weighted by molar-refractivity contribution is 6.42. The number of hydrogen-bond donors (Lipinski definition) is 2. The number of Topliss-reactive ketones (excluding diaryl/α,β-unsaturated/α-hetero) is 1. The number of hydrogen-bond acceptors (Lipinski definition) is 4. The van der Waals surface area contributed by atoms with Gasteiger partial charge in [0, 0.05) is 18.3 Å². The molecule has 1 aromatic carbocycles. The van der Waals surface area contributed by atoms with Crippen LogP contribution in [0.2, 0.25) is 0 Å². The number of rotatable bonds is 7. The lowest BCUT2D eigenvalue weighted by molar-refractivity contribution is -0.118. The van der Waals surface area contributed by atoms with Crippen molar-refractivity contribution in [2.45, 2.75) is 32.2 Å². The first-order valence-electron chi connectivity index (χ1n) is 7.57. The van der Waals surface area contributed by atoms with E-state index < -0.39 is 17.2 Å². The molecule has 1 amide bonds. The predicted molar refractivity (Wildman–Crippen MR) is 86.4 cm³/mol. The molecule has 2 N–H and O–H groups in total. The van der Waals surface area contributed by atoms with Gasteiger partial charge in [0.25, 0.3) is 11.7 Å². The van der Waals surface area contributed by atoms with Crippen molar-refractivity contribution in [2.24, 2.45) is 0 Å². The van der Waals surface area contributed by atoms with Crippen LogP contribution in [0.15, 0.2) is 42.7 Å². The second kappa shape index (κ2) is 7.19. The van der Waals surface area contributed by atoms with Gasteiger partial charge in [0.15, 0.2) is 0 Å². The third-order valence-electron chi connectivity index (χ3n) is 3.93. The normalized spacial score (nSPS) is 13.3. The van der Waals surface area contributed by atoms with E-state index in [4.69, 9.17) is 5.11 Å². The first-order valence-corrected chi connectivity index (χ1v) is 7.57. The summed E-state index contributed by atoms with van der Waals surface area (Å²) in [6.07, 6.45) is 3.93. The molecule has 6 nitrogen and oxygen atoms in total. The molecule has 1 unspecified atom stereocenters. The Balaban J connectivity index is 2.12. The fourth-order valence-electron chi connectivity index (χ4n) is 2.20. The molecule has 0 aliphatic carbocycles. The number of aliphatic hydroxyl groups is 1. The van der Waals surface area contributed by atoms with Crippen molar-refractivity contribution in [2.75, 3.05) is 6.61 Å². The fourth-order valence-corrected chi connectivity index (χ4v) is 2.20. The van der Waals surface area contributed by atoms with Crippen molar-refractivity contribution < 1.29 is 14.7 Å². The van der Waals surface area contributed by atoms with Gasteiger partial charge in [-0.2, -0.15) is 5.10 Å². The van der Waals surface area contributed by atoms with Gasteiger partial charge in [-0.25, -0.2) is 4.68 Å². The van der Waals surface area contributed by atoms with Crippen molar-refractivity contribution in [3.8, 4) is 5.69 Å². The molecule has 0 bridgehead atoms. The third kappa shape index (κ3) is 4.04. The van der Waals surface area contributed by atoms with Crippen LogP contribution >= 0.6 is 0 Å². The van der Waals surface area contributed by atoms with Crippen LogP contribution in [0, 0.1) is 0 Å². The highest BCUT2D eigenvalue weighted by atomic mass is 16.3. The number of aliphatic hydroxyl groups excluding tert-OH is 1. The number of carbonyl (C=O) groups excluding carboxylic acids is 2. The van der Waals surface area contributed by atoms with Gasteiger partial charge in [-0.05, 0) is 31.9 Å². The first-order chi connectivity index (χ1) is 11.0. The Bertz CT molecular complexity index is 681. The summed E-state index contributed by atoms with van der Waals surface area (Å²) in [6.45, 7) is 3.65. The molecule has 0 fully saturated rings. The summed E-state index contributed by atoms with van der Waals surface area (Å²) in [5.74, 6) is -1.32. The summed E-state index contributed by atoms with van der Waals surface area (Å²) in [6, 6.07) is 9.34. The summed E-state index contributed by atoms with van der Waals surface area (Å²) in [4.78, 5) is 24.4. The predicted octanol–water partition coefficient (Wildman–Crippen LogP) is 1.72. The van der Waals surface area contributed by atoms with Crippen LogP contribution in [0.1, 0.15) is 37.0 Å². The lowest BCUT2D eigenvalue weighted by Crippen LogP contribution is -2.48. The number of para-hydroxylation sites is 1. The zero-order valence-electron chi connectivity index (χ0n) is 13.3. The van der Waals surface area contributed by atoms with Crippen LogP contribution in [0.4, 0.5) is 0 Å². The van der Waals surface area contributed by atoms with E-state index in [0.717, 1.165) is 5.69 Å². The van der Waals surface area contributed by atoms with Crippen molar-refractivity contribution in [1.29, 1.82) is 0 Å². The molecule has 0 saturated carbocycles. The lowest BCUT2D eigenvalue weighted by atomic mass is 9.94. The van der Waals surface area contributed by atoms with Gasteiger partial charge in [-0.1, -0.05) is 25.1 Å².